The number of hydrogen-bond donors (Lipinski definition) is 2. The molecular weight excluding hydrogens is 494 g/mol. The Morgan fingerprint density at radius 2 is 1.56 bits per heavy atom. The van der Waals surface area contributed by atoms with Crippen LogP contribution < -0.4 is 15.4 Å². The van der Waals surface area contributed by atoms with E-state index in [0.29, 0.717) is 11.4 Å². The number of benzene rings is 1. The van der Waals surface area contributed by atoms with Crippen molar-refractivity contribution >= 4 is 23.4 Å². The van der Waals surface area contributed by atoms with Gasteiger partial charge in [-0.25, -0.2) is 0 Å². The predicted molar refractivity (Wildman–Crippen MR) is 147 cm³/mol. The minimum absolute atomic E-state index is 0.0127. The average Bonchev–Trinajstić information content (AvgIpc) is 3.57. The number of ether oxygens (including phenoxy) is 2. The molecule has 1 spiro atoms. The highest BCUT2D eigenvalue weighted by Crippen LogP contribution is 2.56. The van der Waals surface area contributed by atoms with E-state index in [0.717, 1.165) is 64.2 Å². The van der Waals surface area contributed by atoms with Crippen molar-refractivity contribution < 1.29 is 23.9 Å². The van der Waals surface area contributed by atoms with Crippen LogP contribution in [0.1, 0.15) is 77.0 Å². The van der Waals surface area contributed by atoms with E-state index in [-0.39, 0.29) is 29.8 Å². The second-order valence-electron chi connectivity index (χ2n) is 12.0. The summed E-state index contributed by atoms with van der Waals surface area (Å²) in [5.41, 5.74) is -0.472. The number of hydrogen-bond acceptors (Lipinski definition) is 5. The van der Waals surface area contributed by atoms with E-state index in [9.17, 15) is 14.4 Å². The summed E-state index contributed by atoms with van der Waals surface area (Å²) in [6, 6.07) is 6.52. The lowest BCUT2D eigenvalue weighted by molar-refractivity contribution is -0.144. The maximum Gasteiger partial charge on any atom is 0.246 e. The van der Waals surface area contributed by atoms with Crippen molar-refractivity contribution in [2.45, 2.75) is 107 Å². The summed E-state index contributed by atoms with van der Waals surface area (Å²) < 4.78 is 11.8. The number of nitrogens with one attached hydrogen (secondary N) is 2. The van der Waals surface area contributed by atoms with Crippen LogP contribution in [0.2, 0.25) is 0 Å². The number of nitrogens with zero attached hydrogens (tertiary/aromatic N) is 1. The van der Waals surface area contributed by atoms with E-state index >= 15 is 0 Å². The lowest BCUT2D eigenvalue weighted by Gasteiger charge is -2.38. The minimum Gasteiger partial charge on any atom is -0.497 e. The fraction of sp³-hybridized carbons (Fsp3) is 0.645. The molecule has 3 amide bonds. The van der Waals surface area contributed by atoms with E-state index in [1.165, 1.54) is 12.8 Å². The van der Waals surface area contributed by atoms with Gasteiger partial charge in [-0.05, 0) is 49.9 Å². The molecule has 0 unspecified atom stereocenters. The summed E-state index contributed by atoms with van der Waals surface area (Å²) in [7, 11) is 1.60. The third kappa shape index (κ3) is 4.75. The van der Waals surface area contributed by atoms with Crippen molar-refractivity contribution in [1.29, 1.82) is 0 Å². The van der Waals surface area contributed by atoms with Gasteiger partial charge in [-0.1, -0.05) is 63.5 Å². The Morgan fingerprint density at radius 1 is 0.923 bits per heavy atom. The van der Waals surface area contributed by atoms with Gasteiger partial charge in [-0.3, -0.25) is 14.4 Å². The summed E-state index contributed by atoms with van der Waals surface area (Å²) in [6.45, 7) is 0. The smallest absolute Gasteiger partial charge is 0.246 e. The number of amides is 3. The Bertz CT molecular complexity index is 1110. The molecule has 8 heteroatoms. The predicted octanol–water partition coefficient (Wildman–Crippen LogP) is 4.35. The molecule has 2 saturated carbocycles. The fourth-order valence-electron chi connectivity index (χ4n) is 7.74. The van der Waals surface area contributed by atoms with Gasteiger partial charge >= 0.3 is 0 Å². The molecule has 5 aliphatic rings. The third-order valence-corrected chi connectivity index (χ3v) is 9.64. The molecule has 8 nitrogen and oxygen atoms in total. The van der Waals surface area contributed by atoms with Gasteiger partial charge in [0, 0.05) is 17.8 Å². The van der Waals surface area contributed by atoms with Crippen LogP contribution >= 0.6 is 0 Å². The van der Waals surface area contributed by atoms with Crippen molar-refractivity contribution in [1.82, 2.24) is 10.2 Å². The molecule has 2 bridgehead atoms. The standard InChI is InChI=1S/C31H41N3O5/c1-38-23-16-14-21(15-17-23)32-28(35)25-24-18-19-31(39-24)26(25)30(37)34(22-12-8-3-2-4-9-13-22)27(31)29(36)33-20-10-6-5-7-11-20/h14-20,22,24-27H,2-13H2,1H3,(H,32,35)(H,33,36)/t24-,25+,26-,27-,31-/m1/s1. The molecule has 210 valence electrons. The minimum atomic E-state index is -1.11. The highest BCUT2D eigenvalue weighted by atomic mass is 16.5. The Hall–Kier alpha value is -2.87. The van der Waals surface area contributed by atoms with Crippen LogP contribution in [0.5, 0.6) is 5.75 Å². The SMILES string of the molecule is COc1ccc(NC(=O)[C@H]2[C@H]3C=C[C@@]4(O3)[C@H]2C(=O)N(C2CCCCCCC2)[C@@H]4C(=O)NC2CCCCC2)cc1. The monoisotopic (exact) mass is 535 g/mol. The average molecular weight is 536 g/mol. The van der Waals surface area contributed by atoms with Crippen molar-refractivity contribution in [3.05, 3.63) is 36.4 Å². The molecule has 3 aliphatic heterocycles. The van der Waals surface area contributed by atoms with Crippen LogP contribution in [0.4, 0.5) is 5.69 Å². The number of likely N-dealkylation sites (tertiary alicyclic amines) is 1. The molecule has 1 aromatic carbocycles. The van der Waals surface area contributed by atoms with Gasteiger partial charge < -0.3 is 25.0 Å². The normalized spacial score (nSPS) is 32.9. The van der Waals surface area contributed by atoms with Crippen molar-refractivity contribution in [2.75, 3.05) is 12.4 Å². The van der Waals surface area contributed by atoms with Gasteiger partial charge in [0.25, 0.3) is 0 Å². The van der Waals surface area contributed by atoms with Gasteiger partial charge in [0.05, 0.1) is 25.0 Å². The van der Waals surface area contributed by atoms with Gasteiger partial charge in [-0.2, -0.15) is 0 Å². The Kier molecular flexibility index (Phi) is 7.40. The summed E-state index contributed by atoms with van der Waals surface area (Å²) in [5.74, 6) is -1.18. The molecule has 2 N–H and O–H groups in total. The summed E-state index contributed by atoms with van der Waals surface area (Å²) in [6.07, 6.45) is 16.0. The molecule has 5 atom stereocenters. The summed E-state index contributed by atoms with van der Waals surface area (Å²) in [4.78, 5) is 44.0. The topological polar surface area (TPSA) is 97.0 Å². The van der Waals surface area contributed by atoms with Gasteiger partial charge in [0.1, 0.15) is 17.4 Å². The van der Waals surface area contributed by atoms with Crippen LogP contribution in [-0.4, -0.2) is 59.6 Å². The van der Waals surface area contributed by atoms with Gasteiger partial charge in [0.15, 0.2) is 0 Å². The second-order valence-corrected chi connectivity index (χ2v) is 12.0. The number of carbonyl (C=O) groups is 3. The van der Waals surface area contributed by atoms with Crippen molar-refractivity contribution in [2.24, 2.45) is 11.8 Å². The van der Waals surface area contributed by atoms with E-state index in [1.54, 1.807) is 31.4 Å². The number of carbonyl (C=O) groups excluding carboxylic acids is 3. The number of fused-ring (bicyclic) bond motifs is 1. The Morgan fingerprint density at radius 3 is 2.26 bits per heavy atom. The highest BCUT2D eigenvalue weighted by Gasteiger charge is 2.73. The molecule has 6 rings (SSSR count). The van der Waals surface area contributed by atoms with E-state index < -0.39 is 29.6 Å². The largest absolute Gasteiger partial charge is 0.497 e. The quantitative estimate of drug-likeness (QED) is 0.528. The van der Waals surface area contributed by atoms with Crippen LogP contribution in [-0.2, 0) is 19.1 Å². The molecule has 2 saturated heterocycles. The molecule has 4 fully saturated rings. The van der Waals surface area contributed by atoms with E-state index in [2.05, 4.69) is 10.6 Å². The van der Waals surface area contributed by atoms with Crippen molar-refractivity contribution in [3.8, 4) is 5.75 Å². The Balaban J connectivity index is 1.30. The number of methoxy groups -OCH3 is 1. The highest BCUT2D eigenvalue weighted by molar-refractivity contribution is 6.03. The molecular formula is C31H41N3O5. The zero-order valence-corrected chi connectivity index (χ0v) is 22.9. The molecule has 39 heavy (non-hydrogen) atoms. The van der Waals surface area contributed by atoms with Crippen LogP contribution in [0.3, 0.4) is 0 Å². The summed E-state index contributed by atoms with van der Waals surface area (Å²) >= 11 is 0. The fourth-order valence-corrected chi connectivity index (χ4v) is 7.74. The van der Waals surface area contributed by atoms with Crippen molar-refractivity contribution in [3.63, 3.8) is 0 Å². The Labute approximate surface area is 230 Å². The molecule has 3 heterocycles. The van der Waals surface area contributed by atoms with Gasteiger partial charge in [-0.15, -0.1) is 0 Å². The maximum atomic E-state index is 14.4. The van der Waals surface area contributed by atoms with Crippen LogP contribution in [0, 0.1) is 11.8 Å². The first kappa shape index (κ1) is 26.4. The van der Waals surface area contributed by atoms with Crippen LogP contribution in [0.15, 0.2) is 36.4 Å². The molecule has 2 aliphatic carbocycles. The molecule has 0 aromatic heterocycles. The third-order valence-electron chi connectivity index (χ3n) is 9.64. The summed E-state index contributed by atoms with van der Waals surface area (Å²) in [5, 5.41) is 6.30. The van der Waals surface area contributed by atoms with E-state index in [1.807, 2.05) is 17.1 Å². The first-order chi connectivity index (χ1) is 19.0. The zero-order chi connectivity index (χ0) is 27.0. The first-order valence-electron chi connectivity index (χ1n) is 15.0. The van der Waals surface area contributed by atoms with Crippen LogP contribution in [0.25, 0.3) is 0 Å². The first-order valence-corrected chi connectivity index (χ1v) is 15.0. The molecule has 0 radical (unpaired) electrons. The number of anilines is 1. The number of rotatable bonds is 6. The zero-order valence-electron chi connectivity index (χ0n) is 22.9. The maximum absolute atomic E-state index is 14.4. The lowest BCUT2D eigenvalue weighted by Crippen LogP contribution is -2.58. The van der Waals surface area contributed by atoms with E-state index in [4.69, 9.17) is 9.47 Å². The van der Waals surface area contributed by atoms with Gasteiger partial charge in [0.2, 0.25) is 17.7 Å². The lowest BCUT2D eigenvalue weighted by atomic mass is 9.74. The second kappa shape index (κ2) is 11.0. The molecule has 1 aromatic rings.